The van der Waals surface area contributed by atoms with Gasteiger partial charge < -0.3 is 10.6 Å². The number of hydrogen-bond acceptors (Lipinski definition) is 5. The quantitative estimate of drug-likeness (QED) is 0.524. The summed E-state index contributed by atoms with van der Waals surface area (Å²) in [6, 6.07) is 18.4. The number of rotatable bonds is 5. The fourth-order valence-corrected chi connectivity index (χ4v) is 3.68. The van der Waals surface area contributed by atoms with Crippen molar-refractivity contribution in [3.05, 3.63) is 89.4 Å². The Hall–Kier alpha value is -3.58. The molecule has 2 N–H and O–H groups in total. The third-order valence-electron chi connectivity index (χ3n) is 4.50. The Labute approximate surface area is 171 Å². The zero-order valence-corrected chi connectivity index (χ0v) is 16.5. The number of nitrogens with zero attached hydrogens (tertiary/aromatic N) is 2. The van der Waals surface area contributed by atoms with Crippen LogP contribution in [0.15, 0.2) is 66.9 Å². The van der Waals surface area contributed by atoms with Crippen molar-refractivity contribution in [3.63, 3.8) is 0 Å². The number of hydrogen-bond donors (Lipinski definition) is 2. The van der Waals surface area contributed by atoms with Gasteiger partial charge in [-0.15, -0.1) is 0 Å². The highest BCUT2D eigenvalue weighted by Crippen LogP contribution is 2.24. The summed E-state index contributed by atoms with van der Waals surface area (Å²) in [5.74, 6) is -0.526. The van der Waals surface area contributed by atoms with Crippen LogP contribution in [-0.4, -0.2) is 21.2 Å². The van der Waals surface area contributed by atoms with Gasteiger partial charge in [-0.3, -0.25) is 14.6 Å². The van der Waals surface area contributed by atoms with Crippen LogP contribution in [-0.2, 0) is 6.54 Å². The third-order valence-corrected chi connectivity index (χ3v) is 5.32. The maximum atomic E-state index is 12.8. The van der Waals surface area contributed by atoms with Gasteiger partial charge in [0.1, 0.15) is 5.69 Å². The summed E-state index contributed by atoms with van der Waals surface area (Å²) in [5, 5.41) is 6.55. The van der Waals surface area contributed by atoms with Crippen LogP contribution >= 0.6 is 11.5 Å². The Morgan fingerprint density at radius 3 is 2.66 bits per heavy atom. The van der Waals surface area contributed by atoms with Gasteiger partial charge in [0.05, 0.1) is 16.9 Å². The molecular formula is C22H18N4O2S. The van der Waals surface area contributed by atoms with E-state index in [1.54, 1.807) is 18.3 Å². The largest absolute Gasteiger partial charge is 0.346 e. The molecule has 0 spiro atoms. The Bertz CT molecular complexity index is 1190. The Kier molecular flexibility index (Phi) is 5.31. The Morgan fingerprint density at radius 1 is 1.00 bits per heavy atom. The fraction of sp³-hybridized carbons (Fsp3) is 0.0909. The molecule has 0 fully saturated rings. The van der Waals surface area contributed by atoms with Gasteiger partial charge in [-0.1, -0.05) is 30.3 Å². The Balaban J connectivity index is 1.50. The molecular weight excluding hydrogens is 384 g/mol. The highest BCUT2D eigenvalue weighted by Gasteiger charge is 2.16. The van der Waals surface area contributed by atoms with Crippen molar-refractivity contribution in [2.24, 2.45) is 0 Å². The maximum Gasteiger partial charge on any atom is 0.276 e. The summed E-state index contributed by atoms with van der Waals surface area (Å²) >= 11 is 1.29. The minimum absolute atomic E-state index is 0.231. The van der Waals surface area contributed by atoms with Crippen LogP contribution in [0.4, 0.5) is 5.69 Å². The molecule has 29 heavy (non-hydrogen) atoms. The standard InChI is InChI=1S/C22H18N4O2S/c1-14-9-10-15(21(27)24-13-16-6-4-5-11-23-16)12-18(14)25-22(28)20-17-7-2-3-8-19(17)29-26-20/h2-12H,13H2,1H3,(H,24,27)(H,25,28). The van der Waals surface area contributed by atoms with Crippen molar-refractivity contribution < 1.29 is 9.59 Å². The topological polar surface area (TPSA) is 84.0 Å². The van der Waals surface area contributed by atoms with Crippen LogP contribution in [0.25, 0.3) is 10.1 Å². The van der Waals surface area contributed by atoms with E-state index in [1.165, 1.54) is 11.5 Å². The van der Waals surface area contributed by atoms with E-state index in [1.807, 2.05) is 55.5 Å². The number of nitrogens with one attached hydrogen (secondary N) is 2. The van der Waals surface area contributed by atoms with Crippen molar-refractivity contribution in [2.45, 2.75) is 13.5 Å². The van der Waals surface area contributed by atoms with E-state index in [4.69, 9.17) is 0 Å². The van der Waals surface area contributed by atoms with Crippen LogP contribution in [0.1, 0.15) is 32.1 Å². The van der Waals surface area contributed by atoms with Gasteiger partial charge in [-0.25, -0.2) is 0 Å². The number of amides is 2. The van der Waals surface area contributed by atoms with E-state index in [0.717, 1.165) is 21.3 Å². The molecule has 2 aromatic heterocycles. The summed E-state index contributed by atoms with van der Waals surface area (Å²) in [6.07, 6.45) is 1.68. The molecule has 0 atom stereocenters. The highest BCUT2D eigenvalue weighted by atomic mass is 32.1. The Morgan fingerprint density at radius 2 is 1.83 bits per heavy atom. The van der Waals surface area contributed by atoms with Crippen molar-refractivity contribution in [1.82, 2.24) is 14.7 Å². The highest BCUT2D eigenvalue weighted by molar-refractivity contribution is 7.13. The summed E-state index contributed by atoms with van der Waals surface area (Å²) in [5.41, 5.74) is 3.06. The second kappa shape index (κ2) is 8.20. The lowest BCUT2D eigenvalue weighted by molar-refractivity contribution is 0.0949. The molecule has 0 aliphatic rings. The number of anilines is 1. The van der Waals surface area contributed by atoms with E-state index in [9.17, 15) is 9.59 Å². The lowest BCUT2D eigenvalue weighted by Gasteiger charge is -2.10. The molecule has 2 aromatic carbocycles. The molecule has 0 saturated heterocycles. The van der Waals surface area contributed by atoms with Crippen molar-refractivity contribution in [1.29, 1.82) is 0 Å². The first-order valence-corrected chi connectivity index (χ1v) is 9.83. The van der Waals surface area contributed by atoms with Crippen LogP contribution in [0.5, 0.6) is 0 Å². The number of benzene rings is 2. The molecule has 4 rings (SSSR count). The molecule has 2 amide bonds. The molecule has 4 aromatic rings. The first-order chi connectivity index (χ1) is 14.1. The average molecular weight is 402 g/mol. The number of aromatic nitrogens is 2. The van der Waals surface area contributed by atoms with Crippen LogP contribution in [0, 0.1) is 6.92 Å². The molecule has 0 aliphatic carbocycles. The fourth-order valence-electron chi connectivity index (χ4n) is 2.90. The molecule has 6 nitrogen and oxygen atoms in total. The average Bonchev–Trinajstić information content (AvgIpc) is 3.18. The molecule has 0 aliphatic heterocycles. The molecule has 0 unspecified atom stereocenters. The summed E-state index contributed by atoms with van der Waals surface area (Å²) in [4.78, 5) is 29.5. The molecule has 0 radical (unpaired) electrons. The van der Waals surface area contributed by atoms with Crippen molar-refractivity contribution >= 4 is 39.1 Å². The monoisotopic (exact) mass is 402 g/mol. The number of carbonyl (C=O) groups excluding carboxylic acids is 2. The predicted molar refractivity (Wildman–Crippen MR) is 114 cm³/mol. The molecule has 144 valence electrons. The molecule has 2 heterocycles. The summed E-state index contributed by atoms with van der Waals surface area (Å²) < 4.78 is 5.24. The van der Waals surface area contributed by atoms with Gasteiger partial charge in [-0.2, -0.15) is 4.37 Å². The van der Waals surface area contributed by atoms with Crippen molar-refractivity contribution in [3.8, 4) is 0 Å². The number of carbonyl (C=O) groups is 2. The van der Waals surface area contributed by atoms with Gasteiger partial charge in [0.2, 0.25) is 0 Å². The lowest BCUT2D eigenvalue weighted by Crippen LogP contribution is -2.23. The van der Waals surface area contributed by atoms with E-state index < -0.39 is 0 Å². The van der Waals surface area contributed by atoms with E-state index in [-0.39, 0.29) is 11.8 Å². The summed E-state index contributed by atoms with van der Waals surface area (Å²) in [6.45, 7) is 2.21. The van der Waals surface area contributed by atoms with Crippen LogP contribution < -0.4 is 10.6 Å². The number of fused-ring (bicyclic) bond motifs is 1. The smallest absolute Gasteiger partial charge is 0.276 e. The first-order valence-electron chi connectivity index (χ1n) is 9.06. The third kappa shape index (κ3) is 4.14. The zero-order valence-electron chi connectivity index (χ0n) is 15.7. The van der Waals surface area contributed by atoms with E-state index >= 15 is 0 Å². The zero-order chi connectivity index (χ0) is 20.2. The van der Waals surface area contributed by atoms with Crippen LogP contribution in [0.3, 0.4) is 0 Å². The predicted octanol–water partition coefficient (Wildman–Crippen LogP) is 4.18. The van der Waals surface area contributed by atoms with Gasteiger partial charge in [0.25, 0.3) is 11.8 Å². The van der Waals surface area contributed by atoms with E-state index in [2.05, 4.69) is 20.0 Å². The van der Waals surface area contributed by atoms with Crippen LogP contribution in [0.2, 0.25) is 0 Å². The molecule has 0 saturated carbocycles. The number of aryl methyl sites for hydroxylation is 1. The second-order valence-corrected chi connectivity index (χ2v) is 7.32. The minimum atomic E-state index is -0.295. The molecule has 0 bridgehead atoms. The summed E-state index contributed by atoms with van der Waals surface area (Å²) in [7, 11) is 0. The van der Waals surface area contributed by atoms with E-state index in [0.29, 0.717) is 23.5 Å². The van der Waals surface area contributed by atoms with Gasteiger partial charge in [0.15, 0.2) is 0 Å². The SMILES string of the molecule is Cc1ccc(C(=O)NCc2ccccn2)cc1NC(=O)c1nsc2ccccc12. The van der Waals surface area contributed by atoms with Gasteiger partial charge in [0, 0.05) is 22.8 Å². The van der Waals surface area contributed by atoms with Crippen molar-refractivity contribution in [2.75, 3.05) is 5.32 Å². The minimum Gasteiger partial charge on any atom is -0.346 e. The normalized spacial score (nSPS) is 10.7. The first kappa shape index (κ1) is 18.8. The number of pyridine rings is 1. The van der Waals surface area contributed by atoms with Gasteiger partial charge >= 0.3 is 0 Å². The van der Waals surface area contributed by atoms with Gasteiger partial charge in [-0.05, 0) is 54.4 Å². The lowest BCUT2D eigenvalue weighted by atomic mass is 10.1. The molecule has 7 heteroatoms. The maximum absolute atomic E-state index is 12.8. The second-order valence-electron chi connectivity index (χ2n) is 6.51.